The third-order valence-electron chi connectivity index (χ3n) is 7.32. The number of amides is 1. The van der Waals surface area contributed by atoms with Crippen LogP contribution in [0, 0.1) is 5.41 Å². The van der Waals surface area contributed by atoms with E-state index >= 15 is 0 Å². The van der Waals surface area contributed by atoms with Crippen molar-refractivity contribution in [1.29, 1.82) is 0 Å². The first-order valence-electron chi connectivity index (χ1n) is 13.5. The third-order valence-corrected chi connectivity index (χ3v) is 11.3. The Morgan fingerprint density at radius 3 is 2.55 bits per heavy atom. The summed E-state index contributed by atoms with van der Waals surface area (Å²) in [5, 5.41) is 14.8. The van der Waals surface area contributed by atoms with Crippen LogP contribution in [0.4, 0.5) is 11.4 Å². The molecule has 2 aliphatic heterocycles. The molecule has 3 aromatic carbocycles. The zero-order valence-electron chi connectivity index (χ0n) is 23.0. The van der Waals surface area contributed by atoms with E-state index in [1.165, 1.54) is 22.3 Å². The van der Waals surface area contributed by atoms with Crippen LogP contribution in [0.25, 0.3) is 0 Å². The number of fused-ring (bicyclic) bond motifs is 1. The predicted molar refractivity (Wildman–Crippen MR) is 170 cm³/mol. The fraction of sp³-hybridized carbons (Fsp3) is 0.219. The second-order valence-electron chi connectivity index (χ2n) is 11.3. The average Bonchev–Trinajstić information content (AvgIpc) is 3.32. The van der Waals surface area contributed by atoms with Gasteiger partial charge in [0.2, 0.25) is 5.91 Å². The molecule has 1 amide bonds. The molecule has 0 spiro atoms. The number of halogens is 1. The summed E-state index contributed by atoms with van der Waals surface area (Å²) in [4.78, 5) is 16.6. The van der Waals surface area contributed by atoms with Gasteiger partial charge in [-0.1, -0.05) is 62.4 Å². The fourth-order valence-corrected chi connectivity index (χ4v) is 9.43. The normalized spacial score (nSPS) is 18.8. The molecular weight excluding hydrogens is 636 g/mol. The lowest BCUT2D eigenvalue weighted by Crippen LogP contribution is -2.41. The number of hydrogen-bond donors (Lipinski definition) is 2. The van der Waals surface area contributed by atoms with Gasteiger partial charge in [-0.15, -0.1) is 11.3 Å². The number of carbonyl (C=O) groups is 1. The first-order valence-corrected chi connectivity index (χ1v) is 16.7. The Bertz CT molecular complexity index is 1820. The number of phenols is 1. The number of benzene rings is 3. The van der Waals surface area contributed by atoms with E-state index in [2.05, 4.69) is 21.2 Å². The Labute approximate surface area is 257 Å². The van der Waals surface area contributed by atoms with E-state index in [4.69, 9.17) is 4.74 Å². The molecule has 1 atom stereocenters. The number of allylic oxidation sites excluding steroid dienone is 1. The van der Waals surface area contributed by atoms with Crippen LogP contribution in [-0.2, 0) is 21.1 Å². The number of carbonyl (C=O) groups excluding carboxylic acids is 1. The van der Waals surface area contributed by atoms with Gasteiger partial charge >= 0.3 is 0 Å². The number of anilines is 2. The molecule has 2 N–H and O–H groups in total. The maximum atomic E-state index is 14.3. The molecule has 4 aromatic rings. The Balaban J connectivity index is 1.55. The average molecular weight is 666 g/mol. The van der Waals surface area contributed by atoms with Crippen molar-refractivity contribution >= 4 is 54.4 Å². The molecule has 1 unspecified atom stereocenters. The molecule has 0 fully saturated rings. The summed E-state index contributed by atoms with van der Waals surface area (Å²) in [5.41, 5.74) is 1.45. The van der Waals surface area contributed by atoms with Crippen LogP contribution >= 0.6 is 27.3 Å². The topological polar surface area (TPSA) is 95.9 Å². The maximum absolute atomic E-state index is 14.3. The molecule has 0 aliphatic carbocycles. The van der Waals surface area contributed by atoms with Gasteiger partial charge in [0.15, 0.2) is 14.9 Å². The predicted octanol–water partition coefficient (Wildman–Crippen LogP) is 7.81. The number of phenolic OH excluding ortho intramolecular Hbond substituents is 1. The van der Waals surface area contributed by atoms with Gasteiger partial charge in [-0.25, -0.2) is 8.42 Å². The van der Waals surface area contributed by atoms with Gasteiger partial charge < -0.3 is 15.2 Å². The van der Waals surface area contributed by atoms with E-state index in [1.807, 2.05) is 74.5 Å². The first kappa shape index (κ1) is 28.5. The molecule has 3 heterocycles. The molecule has 42 heavy (non-hydrogen) atoms. The number of aromatic hydroxyl groups is 1. The van der Waals surface area contributed by atoms with Crippen molar-refractivity contribution in [3.8, 4) is 16.6 Å². The van der Waals surface area contributed by atoms with Gasteiger partial charge in [-0.3, -0.25) is 9.69 Å². The van der Waals surface area contributed by atoms with Crippen LogP contribution in [0.3, 0.4) is 0 Å². The van der Waals surface area contributed by atoms with E-state index in [9.17, 15) is 18.3 Å². The number of ether oxygens (including phenoxy) is 1. The summed E-state index contributed by atoms with van der Waals surface area (Å²) < 4.78 is 35.2. The van der Waals surface area contributed by atoms with E-state index in [1.54, 1.807) is 18.2 Å². The molecule has 0 saturated carbocycles. The SMILES string of the molecule is CC1(C)CC2=C(C(c3ccc(Oc4ccccc4Br)s3)N(C(=O)Cc3ccccc3)c3cccc(O)c3N2)S(=O)(=O)C1. The number of nitrogens with zero attached hydrogens (tertiary/aromatic N) is 1. The van der Waals surface area contributed by atoms with Crippen LogP contribution in [-0.4, -0.2) is 25.2 Å². The van der Waals surface area contributed by atoms with Gasteiger partial charge in [0.25, 0.3) is 0 Å². The summed E-state index contributed by atoms with van der Waals surface area (Å²) in [5.74, 6) is 0.191. The monoisotopic (exact) mass is 664 g/mol. The standard InChI is InChI=1S/C32H29BrN2O5S2/c1-32(2)18-22-31(42(38,39)19-32)30(26-15-16-28(41-26)40-25-14-7-6-11-21(25)33)35(23-12-8-13-24(36)29(23)34-22)27(37)17-20-9-4-3-5-10-20/h3-16,30,34,36H,17-19H2,1-2H3. The van der Waals surface area contributed by atoms with Crippen molar-refractivity contribution in [2.45, 2.75) is 32.7 Å². The highest BCUT2D eigenvalue weighted by molar-refractivity contribution is 9.10. The molecular formula is C32H29BrN2O5S2. The third kappa shape index (κ3) is 5.46. The second kappa shape index (κ2) is 10.9. The van der Waals surface area contributed by atoms with Gasteiger partial charge in [-0.05, 0) is 69.7 Å². The molecule has 0 bridgehead atoms. The zero-order valence-corrected chi connectivity index (χ0v) is 26.2. The maximum Gasteiger partial charge on any atom is 0.232 e. The lowest BCUT2D eigenvalue weighted by atomic mass is 9.89. The number of nitrogens with one attached hydrogen (secondary N) is 1. The summed E-state index contributed by atoms with van der Waals surface area (Å²) in [6.07, 6.45) is 0.477. The smallest absolute Gasteiger partial charge is 0.232 e. The highest BCUT2D eigenvalue weighted by Crippen LogP contribution is 2.53. The summed E-state index contributed by atoms with van der Waals surface area (Å²) >= 11 is 4.80. The molecule has 6 rings (SSSR count). The molecule has 2 aliphatic rings. The van der Waals surface area contributed by atoms with Crippen molar-refractivity contribution in [3.63, 3.8) is 0 Å². The van der Waals surface area contributed by atoms with Gasteiger partial charge in [0.05, 0.1) is 27.2 Å². The van der Waals surface area contributed by atoms with Crippen LogP contribution in [0.1, 0.15) is 36.8 Å². The first-order chi connectivity index (χ1) is 20.0. The zero-order chi connectivity index (χ0) is 29.6. The van der Waals surface area contributed by atoms with Crippen LogP contribution in [0.5, 0.6) is 16.6 Å². The number of para-hydroxylation sites is 2. The van der Waals surface area contributed by atoms with E-state index < -0.39 is 21.3 Å². The quantitative estimate of drug-likeness (QED) is 0.211. The fourth-order valence-electron chi connectivity index (χ4n) is 5.66. The van der Waals surface area contributed by atoms with Gasteiger partial charge in [0, 0.05) is 10.6 Å². The molecule has 7 nitrogen and oxygen atoms in total. The van der Waals surface area contributed by atoms with Crippen LogP contribution in [0.15, 0.2) is 100 Å². The van der Waals surface area contributed by atoms with Crippen molar-refractivity contribution in [2.75, 3.05) is 16.0 Å². The summed E-state index contributed by atoms with van der Waals surface area (Å²) in [7, 11) is -3.84. The second-order valence-corrected chi connectivity index (χ2v) is 15.1. The largest absolute Gasteiger partial charge is 0.506 e. The number of rotatable bonds is 5. The molecule has 10 heteroatoms. The minimum Gasteiger partial charge on any atom is -0.506 e. The van der Waals surface area contributed by atoms with Crippen LogP contribution in [0.2, 0.25) is 0 Å². The highest BCUT2D eigenvalue weighted by atomic mass is 79.9. The van der Waals surface area contributed by atoms with Gasteiger partial charge in [-0.2, -0.15) is 0 Å². The van der Waals surface area contributed by atoms with E-state index in [-0.39, 0.29) is 28.7 Å². The van der Waals surface area contributed by atoms with E-state index in [0.29, 0.717) is 39.2 Å². The van der Waals surface area contributed by atoms with Crippen LogP contribution < -0.4 is 15.0 Å². The Morgan fingerprint density at radius 1 is 1.05 bits per heavy atom. The number of thiophene rings is 1. The highest BCUT2D eigenvalue weighted by Gasteiger charge is 2.47. The summed E-state index contributed by atoms with van der Waals surface area (Å²) in [6, 6.07) is 24.4. The minimum absolute atomic E-state index is 0.0479. The molecule has 0 radical (unpaired) electrons. The van der Waals surface area contributed by atoms with Crippen molar-refractivity contribution in [2.24, 2.45) is 5.41 Å². The summed E-state index contributed by atoms with van der Waals surface area (Å²) in [6.45, 7) is 3.82. The van der Waals surface area contributed by atoms with Crippen molar-refractivity contribution in [1.82, 2.24) is 0 Å². The minimum atomic E-state index is -3.84. The van der Waals surface area contributed by atoms with Gasteiger partial charge in [0.1, 0.15) is 23.2 Å². The molecule has 0 saturated heterocycles. The number of hydrogen-bond acceptors (Lipinski definition) is 7. The van der Waals surface area contributed by atoms with E-state index in [0.717, 1.165) is 10.0 Å². The lowest BCUT2D eigenvalue weighted by Gasteiger charge is -2.37. The Morgan fingerprint density at radius 2 is 1.79 bits per heavy atom. The Kier molecular flexibility index (Phi) is 7.41. The lowest BCUT2D eigenvalue weighted by molar-refractivity contribution is -0.118. The molecule has 216 valence electrons. The molecule has 1 aromatic heterocycles. The Hall–Kier alpha value is -3.60. The van der Waals surface area contributed by atoms with Crippen molar-refractivity contribution < 1.29 is 23.1 Å². The number of sulfone groups is 1. The van der Waals surface area contributed by atoms with Crippen molar-refractivity contribution in [3.05, 3.63) is 110 Å².